The zero-order chi connectivity index (χ0) is 10.7. The molecule has 0 spiro atoms. The average molecular weight is 212 g/mol. The highest BCUT2D eigenvalue weighted by Gasteiger charge is 2.31. The molecule has 0 saturated carbocycles. The zero-order valence-electron chi connectivity index (χ0n) is 8.81. The van der Waals surface area contributed by atoms with Crippen molar-refractivity contribution in [2.24, 2.45) is 7.05 Å². The summed E-state index contributed by atoms with van der Waals surface area (Å²) in [5.41, 5.74) is -0.710. The van der Waals surface area contributed by atoms with Gasteiger partial charge in [0, 0.05) is 26.6 Å². The number of hydrogen-bond acceptors (Lipinski definition) is 5. The molecular weight excluding hydrogens is 196 g/mol. The third-order valence-corrected chi connectivity index (χ3v) is 2.62. The third-order valence-electron chi connectivity index (χ3n) is 2.62. The first-order valence-corrected chi connectivity index (χ1v) is 5.03. The zero-order valence-corrected chi connectivity index (χ0v) is 8.81. The Morgan fingerprint density at radius 2 is 2.60 bits per heavy atom. The van der Waals surface area contributed by atoms with Gasteiger partial charge in [0.1, 0.15) is 17.8 Å². The fraction of sp³-hybridized carbons (Fsp3) is 0.778. The Morgan fingerprint density at radius 3 is 3.20 bits per heavy atom. The van der Waals surface area contributed by atoms with E-state index < -0.39 is 5.60 Å². The topological polar surface area (TPSA) is 72.2 Å². The molecule has 1 saturated heterocycles. The molecule has 0 aromatic carbocycles. The molecule has 1 unspecified atom stereocenters. The van der Waals surface area contributed by atoms with Crippen LogP contribution in [-0.2, 0) is 18.3 Å². The van der Waals surface area contributed by atoms with Gasteiger partial charge >= 0.3 is 0 Å². The lowest BCUT2D eigenvalue weighted by molar-refractivity contribution is 0.0267. The monoisotopic (exact) mass is 212 g/mol. The number of aryl methyl sites for hydroxylation is 1. The molecule has 1 aliphatic rings. The van der Waals surface area contributed by atoms with E-state index in [2.05, 4.69) is 15.4 Å². The third kappa shape index (κ3) is 2.53. The maximum absolute atomic E-state index is 9.96. The van der Waals surface area contributed by atoms with Crippen molar-refractivity contribution in [2.45, 2.75) is 18.6 Å². The van der Waals surface area contributed by atoms with Crippen LogP contribution in [-0.4, -0.2) is 45.2 Å². The van der Waals surface area contributed by atoms with Crippen LogP contribution in [0.25, 0.3) is 0 Å². The van der Waals surface area contributed by atoms with E-state index >= 15 is 0 Å². The maximum atomic E-state index is 9.96. The van der Waals surface area contributed by atoms with Crippen molar-refractivity contribution < 1.29 is 9.84 Å². The summed E-state index contributed by atoms with van der Waals surface area (Å²) in [6, 6.07) is 0. The maximum Gasteiger partial charge on any atom is 0.140 e. The second kappa shape index (κ2) is 4.26. The van der Waals surface area contributed by atoms with Gasteiger partial charge in [-0.05, 0) is 0 Å². The average Bonchev–Trinajstić information content (AvgIpc) is 2.78. The van der Waals surface area contributed by atoms with Crippen LogP contribution in [0.5, 0.6) is 0 Å². The second-order valence-electron chi connectivity index (χ2n) is 3.93. The molecule has 1 fully saturated rings. The van der Waals surface area contributed by atoms with E-state index in [4.69, 9.17) is 4.74 Å². The van der Waals surface area contributed by atoms with Crippen molar-refractivity contribution >= 4 is 0 Å². The van der Waals surface area contributed by atoms with Crippen LogP contribution < -0.4 is 5.32 Å². The first-order chi connectivity index (χ1) is 7.20. The highest BCUT2D eigenvalue weighted by molar-refractivity contribution is 4.87. The summed E-state index contributed by atoms with van der Waals surface area (Å²) in [5.74, 6) is 0.859. The largest absolute Gasteiger partial charge is 0.386 e. The molecule has 6 heteroatoms. The molecule has 2 N–H and O–H groups in total. The summed E-state index contributed by atoms with van der Waals surface area (Å²) in [6.45, 7) is 2.19. The summed E-state index contributed by atoms with van der Waals surface area (Å²) in [4.78, 5) is 4.08. The Hall–Kier alpha value is -0.980. The van der Waals surface area contributed by atoms with E-state index in [1.54, 1.807) is 4.68 Å². The molecule has 6 nitrogen and oxygen atoms in total. The molecule has 0 aliphatic carbocycles. The minimum atomic E-state index is -0.710. The van der Waals surface area contributed by atoms with Gasteiger partial charge in [-0.15, -0.1) is 0 Å². The van der Waals surface area contributed by atoms with Crippen molar-refractivity contribution in [2.75, 3.05) is 19.8 Å². The Labute approximate surface area is 88.3 Å². The first kappa shape index (κ1) is 10.5. The van der Waals surface area contributed by atoms with Crippen LogP contribution in [0.1, 0.15) is 12.2 Å². The fourth-order valence-corrected chi connectivity index (χ4v) is 1.62. The van der Waals surface area contributed by atoms with E-state index in [1.165, 1.54) is 6.33 Å². The van der Waals surface area contributed by atoms with Crippen molar-refractivity contribution in [3.63, 3.8) is 0 Å². The number of nitrogens with zero attached hydrogens (tertiary/aromatic N) is 3. The summed E-state index contributed by atoms with van der Waals surface area (Å²) in [6.07, 6.45) is 2.21. The van der Waals surface area contributed by atoms with Crippen LogP contribution in [0, 0.1) is 0 Å². The molecule has 0 bridgehead atoms. The predicted octanol–water partition coefficient (Wildman–Crippen LogP) is -0.944. The predicted molar refractivity (Wildman–Crippen MR) is 53.1 cm³/mol. The van der Waals surface area contributed by atoms with Crippen molar-refractivity contribution in [3.8, 4) is 0 Å². The Bertz CT molecular complexity index is 320. The lowest BCUT2D eigenvalue weighted by atomic mass is 10.0. The van der Waals surface area contributed by atoms with Gasteiger partial charge in [-0.2, -0.15) is 5.10 Å². The van der Waals surface area contributed by atoms with Crippen LogP contribution >= 0.6 is 0 Å². The van der Waals surface area contributed by atoms with E-state index in [9.17, 15) is 5.11 Å². The molecule has 84 valence electrons. The number of aliphatic hydroxyl groups is 1. The van der Waals surface area contributed by atoms with Crippen molar-refractivity contribution in [1.29, 1.82) is 0 Å². The summed E-state index contributed by atoms with van der Waals surface area (Å²) >= 11 is 0. The van der Waals surface area contributed by atoms with E-state index in [0.29, 0.717) is 32.7 Å². The fourth-order valence-electron chi connectivity index (χ4n) is 1.62. The second-order valence-corrected chi connectivity index (χ2v) is 3.93. The summed E-state index contributed by atoms with van der Waals surface area (Å²) in [7, 11) is 1.84. The van der Waals surface area contributed by atoms with Gasteiger partial charge in [-0.1, -0.05) is 0 Å². The van der Waals surface area contributed by atoms with Crippen LogP contribution in [0.2, 0.25) is 0 Å². The van der Waals surface area contributed by atoms with Gasteiger partial charge < -0.3 is 15.2 Å². The number of hydrogen-bond donors (Lipinski definition) is 2. The summed E-state index contributed by atoms with van der Waals surface area (Å²) in [5, 5.41) is 17.1. The number of rotatable bonds is 4. The van der Waals surface area contributed by atoms with Gasteiger partial charge in [0.15, 0.2) is 0 Å². The SMILES string of the molecule is Cn1ncnc1CNCC1(O)CCOC1. The standard InChI is InChI=1S/C9H16N4O2/c1-13-8(11-7-12-13)4-10-5-9(14)2-3-15-6-9/h7,10,14H,2-6H2,1H3. The molecule has 15 heavy (non-hydrogen) atoms. The number of nitrogens with one attached hydrogen (secondary N) is 1. The van der Waals surface area contributed by atoms with E-state index in [0.717, 1.165) is 5.82 Å². The minimum Gasteiger partial charge on any atom is -0.386 e. The minimum absolute atomic E-state index is 0.415. The van der Waals surface area contributed by atoms with Crippen LogP contribution in [0.15, 0.2) is 6.33 Å². The van der Waals surface area contributed by atoms with Gasteiger partial charge in [0.2, 0.25) is 0 Å². The Balaban J connectivity index is 1.77. The quantitative estimate of drug-likeness (QED) is 0.673. The van der Waals surface area contributed by atoms with Gasteiger partial charge in [-0.3, -0.25) is 4.68 Å². The van der Waals surface area contributed by atoms with Gasteiger partial charge in [0.25, 0.3) is 0 Å². The lowest BCUT2D eigenvalue weighted by Crippen LogP contribution is -2.41. The Morgan fingerprint density at radius 1 is 1.73 bits per heavy atom. The van der Waals surface area contributed by atoms with Crippen LogP contribution in [0.3, 0.4) is 0 Å². The summed E-state index contributed by atoms with van der Waals surface area (Å²) < 4.78 is 6.86. The molecule has 0 radical (unpaired) electrons. The molecule has 2 heterocycles. The van der Waals surface area contributed by atoms with Crippen molar-refractivity contribution in [1.82, 2.24) is 20.1 Å². The number of ether oxygens (including phenoxy) is 1. The number of aromatic nitrogens is 3. The van der Waals surface area contributed by atoms with Gasteiger partial charge in [0.05, 0.1) is 13.2 Å². The first-order valence-electron chi connectivity index (χ1n) is 5.03. The smallest absolute Gasteiger partial charge is 0.140 e. The lowest BCUT2D eigenvalue weighted by Gasteiger charge is -2.20. The molecule has 1 atom stereocenters. The molecular formula is C9H16N4O2. The van der Waals surface area contributed by atoms with E-state index in [1.807, 2.05) is 7.05 Å². The highest BCUT2D eigenvalue weighted by Crippen LogP contribution is 2.16. The van der Waals surface area contributed by atoms with E-state index in [-0.39, 0.29) is 0 Å². The van der Waals surface area contributed by atoms with Gasteiger partial charge in [-0.25, -0.2) is 4.98 Å². The molecule has 2 rings (SSSR count). The Kier molecular flexibility index (Phi) is 2.99. The van der Waals surface area contributed by atoms with Crippen LogP contribution in [0.4, 0.5) is 0 Å². The molecule has 1 aromatic heterocycles. The molecule has 1 aromatic rings. The molecule has 0 amide bonds. The van der Waals surface area contributed by atoms with Crippen molar-refractivity contribution in [3.05, 3.63) is 12.2 Å². The normalized spacial score (nSPS) is 26.0. The molecule has 1 aliphatic heterocycles. The highest BCUT2D eigenvalue weighted by atomic mass is 16.5.